The Kier molecular flexibility index (Phi) is 8.49. The molecule has 1 fully saturated rings. The maximum absolute atomic E-state index is 4.32. The van der Waals surface area contributed by atoms with Crippen molar-refractivity contribution < 1.29 is 0 Å². The van der Waals surface area contributed by atoms with Gasteiger partial charge in [0.1, 0.15) is 0 Å². The maximum atomic E-state index is 4.32. The van der Waals surface area contributed by atoms with Gasteiger partial charge >= 0.3 is 0 Å². The van der Waals surface area contributed by atoms with Crippen molar-refractivity contribution in [3.05, 3.63) is 0 Å². The van der Waals surface area contributed by atoms with Crippen LogP contribution < -0.4 is 10.6 Å². The Labute approximate surface area is 135 Å². The summed E-state index contributed by atoms with van der Waals surface area (Å²) in [5.74, 6) is 1.57. The highest BCUT2D eigenvalue weighted by molar-refractivity contribution is 7.99. The summed E-state index contributed by atoms with van der Waals surface area (Å²) in [5, 5.41) is 6.88. The van der Waals surface area contributed by atoms with Gasteiger partial charge in [-0.05, 0) is 52.0 Å². The summed E-state index contributed by atoms with van der Waals surface area (Å²) < 4.78 is 0.233. The molecule has 1 aliphatic rings. The van der Waals surface area contributed by atoms with Crippen molar-refractivity contribution in [2.24, 2.45) is 10.9 Å². The van der Waals surface area contributed by atoms with E-state index in [9.17, 15) is 0 Å². The molecule has 1 saturated heterocycles. The minimum absolute atomic E-state index is 0.233. The fourth-order valence-corrected chi connectivity index (χ4v) is 2.72. The van der Waals surface area contributed by atoms with E-state index in [-0.39, 0.29) is 4.75 Å². The zero-order valence-electron chi connectivity index (χ0n) is 14.5. The first kappa shape index (κ1) is 18.6. The van der Waals surface area contributed by atoms with Gasteiger partial charge in [0.2, 0.25) is 0 Å². The molecule has 0 aromatic carbocycles. The van der Waals surface area contributed by atoms with E-state index in [0.717, 1.165) is 19.0 Å². The first-order valence-electron chi connectivity index (χ1n) is 8.19. The second kappa shape index (κ2) is 9.57. The molecule has 21 heavy (non-hydrogen) atoms. The van der Waals surface area contributed by atoms with Crippen LogP contribution in [0, 0.1) is 5.92 Å². The fourth-order valence-electron chi connectivity index (χ4n) is 2.51. The number of aliphatic imine (C=N–C) groups is 1. The van der Waals surface area contributed by atoms with Crippen molar-refractivity contribution >= 4 is 17.7 Å². The van der Waals surface area contributed by atoms with Gasteiger partial charge < -0.3 is 15.5 Å². The van der Waals surface area contributed by atoms with Crippen LogP contribution >= 0.6 is 11.8 Å². The molecule has 0 spiro atoms. The maximum Gasteiger partial charge on any atom is 0.191 e. The lowest BCUT2D eigenvalue weighted by Gasteiger charge is -2.29. The number of likely N-dealkylation sites (tertiary alicyclic amines) is 1. The molecule has 124 valence electrons. The predicted octanol–water partition coefficient (Wildman–Crippen LogP) is 2.42. The highest BCUT2D eigenvalue weighted by atomic mass is 32.2. The molecule has 0 aliphatic carbocycles. The molecule has 0 radical (unpaired) electrons. The molecule has 0 aromatic rings. The van der Waals surface area contributed by atoms with Crippen LogP contribution in [0.4, 0.5) is 0 Å². The number of nitrogens with one attached hydrogen (secondary N) is 2. The number of guanidine groups is 1. The Morgan fingerprint density at radius 2 is 1.90 bits per heavy atom. The molecule has 1 unspecified atom stereocenters. The van der Waals surface area contributed by atoms with Crippen molar-refractivity contribution in [3.8, 4) is 0 Å². The zero-order valence-corrected chi connectivity index (χ0v) is 15.4. The summed E-state index contributed by atoms with van der Waals surface area (Å²) in [4.78, 5) is 6.92. The number of thioether (sulfide) groups is 1. The Morgan fingerprint density at radius 3 is 2.48 bits per heavy atom. The van der Waals surface area contributed by atoms with E-state index in [1.807, 2.05) is 18.8 Å². The smallest absolute Gasteiger partial charge is 0.191 e. The van der Waals surface area contributed by atoms with Gasteiger partial charge in [-0.2, -0.15) is 11.8 Å². The number of hydrogen-bond acceptors (Lipinski definition) is 3. The van der Waals surface area contributed by atoms with Crippen LogP contribution in [-0.2, 0) is 0 Å². The fraction of sp³-hybridized carbons (Fsp3) is 0.938. The average molecular weight is 315 g/mol. The second-order valence-corrected chi connectivity index (χ2v) is 8.25. The molecule has 0 amide bonds. The van der Waals surface area contributed by atoms with Crippen molar-refractivity contribution in [1.82, 2.24) is 15.5 Å². The van der Waals surface area contributed by atoms with Gasteiger partial charge in [-0.25, -0.2) is 0 Å². The van der Waals surface area contributed by atoms with Crippen LogP contribution in [0.3, 0.4) is 0 Å². The molecule has 1 atom stereocenters. The molecule has 4 nitrogen and oxygen atoms in total. The summed E-state index contributed by atoms with van der Waals surface area (Å²) in [6.45, 7) is 12.5. The Bertz CT molecular complexity index is 311. The minimum atomic E-state index is 0.233. The second-order valence-electron chi connectivity index (χ2n) is 6.74. The van der Waals surface area contributed by atoms with E-state index in [0.29, 0.717) is 5.92 Å². The Balaban J connectivity index is 2.24. The van der Waals surface area contributed by atoms with Gasteiger partial charge in [0, 0.05) is 31.4 Å². The van der Waals surface area contributed by atoms with Gasteiger partial charge in [0.05, 0.1) is 0 Å². The highest BCUT2D eigenvalue weighted by Crippen LogP contribution is 2.19. The van der Waals surface area contributed by atoms with Crippen LogP contribution in [0.25, 0.3) is 0 Å². The third-order valence-electron chi connectivity index (χ3n) is 4.09. The summed E-state index contributed by atoms with van der Waals surface area (Å²) in [7, 11) is 1.84. The van der Waals surface area contributed by atoms with Gasteiger partial charge in [-0.1, -0.05) is 13.3 Å². The molecule has 0 bridgehead atoms. The molecule has 0 aromatic heterocycles. The van der Waals surface area contributed by atoms with Crippen LogP contribution in [0.2, 0.25) is 0 Å². The lowest BCUT2D eigenvalue weighted by atomic mass is 10.1. The first-order chi connectivity index (χ1) is 9.96. The highest BCUT2D eigenvalue weighted by Gasteiger charge is 2.17. The van der Waals surface area contributed by atoms with Crippen LogP contribution in [0.5, 0.6) is 0 Å². The van der Waals surface area contributed by atoms with E-state index in [1.165, 1.54) is 38.9 Å². The van der Waals surface area contributed by atoms with Gasteiger partial charge in [0.15, 0.2) is 5.96 Å². The summed E-state index contributed by atoms with van der Waals surface area (Å²) in [5.41, 5.74) is 0. The van der Waals surface area contributed by atoms with Gasteiger partial charge in [-0.15, -0.1) is 0 Å². The normalized spacial score (nSPS) is 19.4. The van der Waals surface area contributed by atoms with Crippen molar-refractivity contribution in [1.29, 1.82) is 0 Å². The summed E-state index contributed by atoms with van der Waals surface area (Å²) >= 11 is 1.88. The molecular weight excluding hydrogens is 280 g/mol. The number of piperidine rings is 1. The minimum Gasteiger partial charge on any atom is -0.356 e. The van der Waals surface area contributed by atoms with E-state index in [4.69, 9.17) is 0 Å². The van der Waals surface area contributed by atoms with Crippen LogP contribution in [0.15, 0.2) is 4.99 Å². The largest absolute Gasteiger partial charge is 0.356 e. The van der Waals surface area contributed by atoms with Gasteiger partial charge in [0.25, 0.3) is 0 Å². The summed E-state index contributed by atoms with van der Waals surface area (Å²) in [6.07, 6.45) is 6.30. The number of hydrogen-bond donors (Lipinski definition) is 2. The lowest BCUT2D eigenvalue weighted by molar-refractivity contribution is 0.201. The standard InChI is InChI=1S/C16H34N4S/c1-14(12-20-9-7-6-8-10-20)11-18-15(17-4)19-13-16(2,3)21-5/h14H,6-13H2,1-5H3,(H2,17,18,19). The third kappa shape index (κ3) is 7.96. The predicted molar refractivity (Wildman–Crippen MR) is 96.4 cm³/mol. The molecule has 0 saturated carbocycles. The lowest BCUT2D eigenvalue weighted by Crippen LogP contribution is -2.45. The molecule has 2 N–H and O–H groups in total. The Hall–Kier alpha value is -0.420. The number of rotatable bonds is 7. The van der Waals surface area contributed by atoms with Gasteiger partial charge in [-0.3, -0.25) is 4.99 Å². The quantitative estimate of drug-likeness (QED) is 0.559. The third-order valence-corrected chi connectivity index (χ3v) is 5.34. The molecular formula is C16H34N4S. The average Bonchev–Trinajstić information content (AvgIpc) is 2.48. The van der Waals surface area contributed by atoms with E-state index in [1.54, 1.807) is 0 Å². The topological polar surface area (TPSA) is 39.7 Å². The molecule has 1 rings (SSSR count). The number of nitrogens with zero attached hydrogens (tertiary/aromatic N) is 2. The molecule has 1 aliphatic heterocycles. The van der Waals surface area contributed by atoms with Crippen molar-refractivity contribution in [2.45, 2.75) is 44.8 Å². The SMILES string of the molecule is CN=C(NCC(C)CN1CCCCC1)NCC(C)(C)SC. The van der Waals surface area contributed by atoms with E-state index >= 15 is 0 Å². The van der Waals surface area contributed by atoms with E-state index in [2.05, 4.69) is 47.6 Å². The molecule has 1 heterocycles. The van der Waals surface area contributed by atoms with Crippen molar-refractivity contribution in [3.63, 3.8) is 0 Å². The summed E-state index contributed by atoms with van der Waals surface area (Å²) in [6, 6.07) is 0. The zero-order chi connectivity index (χ0) is 15.7. The Morgan fingerprint density at radius 1 is 1.24 bits per heavy atom. The monoisotopic (exact) mass is 314 g/mol. The van der Waals surface area contributed by atoms with Crippen LogP contribution in [0.1, 0.15) is 40.0 Å². The first-order valence-corrected chi connectivity index (χ1v) is 9.41. The van der Waals surface area contributed by atoms with Crippen LogP contribution in [-0.4, -0.2) is 61.6 Å². The van der Waals surface area contributed by atoms with Crippen molar-refractivity contribution in [2.75, 3.05) is 46.0 Å². The van der Waals surface area contributed by atoms with E-state index < -0.39 is 0 Å². The molecule has 5 heteroatoms.